The van der Waals surface area contributed by atoms with Gasteiger partial charge in [-0.3, -0.25) is 9.48 Å². The van der Waals surface area contributed by atoms with Crippen LogP contribution < -0.4 is 11.1 Å². The molecule has 4 N–H and O–H groups in total. The van der Waals surface area contributed by atoms with Gasteiger partial charge >= 0.3 is 0 Å². The molecule has 1 amide bonds. The Balaban J connectivity index is 1.14. The Labute approximate surface area is 193 Å². The van der Waals surface area contributed by atoms with Gasteiger partial charge in [0.05, 0.1) is 17.9 Å². The zero-order valence-corrected chi connectivity index (χ0v) is 18.6. The third-order valence-corrected chi connectivity index (χ3v) is 5.48. The molecule has 0 saturated carbocycles. The van der Waals surface area contributed by atoms with Crippen molar-refractivity contribution in [2.75, 3.05) is 12.3 Å². The number of aromatic amines is 1. The molecule has 0 unspecified atom stereocenters. The number of nitrogen functional groups attached to an aromatic ring is 1. The third-order valence-electron chi connectivity index (χ3n) is 5.48. The minimum Gasteiger partial charge on any atom is -0.369 e. The van der Waals surface area contributed by atoms with E-state index >= 15 is 0 Å². The summed E-state index contributed by atoms with van der Waals surface area (Å²) in [6, 6.07) is 17.8. The molecule has 0 atom stereocenters. The van der Waals surface area contributed by atoms with E-state index in [0.717, 1.165) is 54.6 Å². The summed E-state index contributed by atoms with van der Waals surface area (Å²) in [5, 5.41) is 11.4. The van der Waals surface area contributed by atoms with E-state index in [9.17, 15) is 4.79 Å². The number of benzene rings is 2. The first-order valence-corrected chi connectivity index (χ1v) is 11.3. The molecule has 0 aliphatic rings. The van der Waals surface area contributed by atoms with Crippen LogP contribution in [0.5, 0.6) is 0 Å². The maximum atomic E-state index is 12.4. The van der Waals surface area contributed by atoms with E-state index in [1.165, 1.54) is 0 Å². The Hall–Kier alpha value is -3.94. The lowest BCUT2D eigenvalue weighted by Crippen LogP contribution is -2.27. The Morgan fingerprint density at radius 3 is 2.39 bits per heavy atom. The van der Waals surface area contributed by atoms with Crippen LogP contribution in [0.25, 0.3) is 11.1 Å². The quantitative estimate of drug-likeness (QED) is 0.306. The van der Waals surface area contributed by atoms with E-state index in [1.54, 1.807) is 4.68 Å². The minimum atomic E-state index is -0.0892. The number of imidazole rings is 1. The van der Waals surface area contributed by atoms with Crippen molar-refractivity contribution in [1.82, 2.24) is 30.3 Å². The smallest absolute Gasteiger partial charge is 0.251 e. The summed E-state index contributed by atoms with van der Waals surface area (Å²) >= 11 is 0. The highest BCUT2D eigenvalue weighted by Crippen LogP contribution is 2.19. The summed E-state index contributed by atoms with van der Waals surface area (Å²) in [6.07, 6.45) is 8.84. The number of aryl methyl sites for hydroxylation is 2. The van der Waals surface area contributed by atoms with Gasteiger partial charge in [-0.05, 0) is 48.9 Å². The predicted octanol–water partition coefficient (Wildman–Crippen LogP) is 3.64. The van der Waals surface area contributed by atoms with Gasteiger partial charge in [-0.1, -0.05) is 54.1 Å². The molecule has 0 bridgehead atoms. The molecular weight excluding hydrogens is 414 g/mol. The van der Waals surface area contributed by atoms with Crippen molar-refractivity contribution in [3.05, 3.63) is 83.9 Å². The number of anilines is 1. The van der Waals surface area contributed by atoms with Gasteiger partial charge in [-0.15, -0.1) is 5.10 Å². The van der Waals surface area contributed by atoms with Gasteiger partial charge in [0.15, 0.2) is 5.95 Å². The summed E-state index contributed by atoms with van der Waals surface area (Å²) in [6.45, 7) is 1.08. The number of hydrogen-bond acceptors (Lipinski definition) is 5. The molecule has 4 aromatic rings. The van der Waals surface area contributed by atoms with Gasteiger partial charge in [-0.2, -0.15) is 0 Å². The molecule has 0 saturated heterocycles. The minimum absolute atomic E-state index is 0.0892. The average molecular weight is 444 g/mol. The topological polar surface area (TPSA) is 115 Å². The van der Waals surface area contributed by atoms with Crippen molar-refractivity contribution in [1.29, 1.82) is 0 Å². The molecule has 8 heteroatoms. The summed E-state index contributed by atoms with van der Waals surface area (Å²) in [5.41, 5.74) is 10.4. The molecule has 2 aromatic heterocycles. The molecule has 8 nitrogen and oxygen atoms in total. The Morgan fingerprint density at radius 2 is 1.67 bits per heavy atom. The number of carbonyl (C=O) groups is 1. The van der Waals surface area contributed by atoms with E-state index in [-0.39, 0.29) is 5.91 Å². The van der Waals surface area contributed by atoms with Crippen LogP contribution in [0, 0.1) is 0 Å². The fourth-order valence-corrected chi connectivity index (χ4v) is 3.69. The van der Waals surface area contributed by atoms with Crippen molar-refractivity contribution in [3.8, 4) is 11.1 Å². The zero-order valence-electron chi connectivity index (χ0n) is 18.6. The van der Waals surface area contributed by atoms with Crippen LogP contribution in [0.15, 0.2) is 67.0 Å². The van der Waals surface area contributed by atoms with E-state index in [2.05, 4.69) is 37.7 Å². The van der Waals surface area contributed by atoms with E-state index in [4.69, 9.17) is 5.73 Å². The lowest BCUT2D eigenvalue weighted by Gasteiger charge is -2.06. The van der Waals surface area contributed by atoms with Crippen molar-refractivity contribution in [3.63, 3.8) is 0 Å². The maximum absolute atomic E-state index is 12.4. The average Bonchev–Trinajstić information content (AvgIpc) is 3.48. The monoisotopic (exact) mass is 443 g/mol. The van der Waals surface area contributed by atoms with Crippen molar-refractivity contribution < 1.29 is 4.79 Å². The molecule has 0 aliphatic heterocycles. The number of aromatic nitrogens is 5. The first kappa shape index (κ1) is 22.3. The summed E-state index contributed by atoms with van der Waals surface area (Å²) < 4.78 is 1.78. The molecule has 0 aliphatic carbocycles. The van der Waals surface area contributed by atoms with Crippen LogP contribution in [0.2, 0.25) is 0 Å². The number of unbranched alkanes of at least 4 members (excludes halogenated alkanes) is 2. The maximum Gasteiger partial charge on any atom is 0.251 e. The van der Waals surface area contributed by atoms with Gasteiger partial charge in [0, 0.05) is 24.5 Å². The highest BCUT2D eigenvalue weighted by molar-refractivity contribution is 5.94. The molecular formula is C25H29N7O. The molecule has 0 fully saturated rings. The molecule has 4 rings (SSSR count). The Morgan fingerprint density at radius 1 is 0.939 bits per heavy atom. The van der Waals surface area contributed by atoms with Gasteiger partial charge < -0.3 is 16.0 Å². The standard InChI is InChI=1S/C25H29N7O/c26-25-28-17-22(29-25)9-5-2-6-10-23-18-32(31-30-23)16-15-27-24(33)21-13-11-20(12-14-21)19-7-3-1-4-8-19/h1,3-4,7-8,11-14,17-18H,2,5-6,9-10,15-16H2,(H,27,33)(H3,26,28,29). The van der Waals surface area contributed by atoms with Gasteiger partial charge in [-0.25, -0.2) is 4.98 Å². The van der Waals surface area contributed by atoms with Crippen LogP contribution in [0.4, 0.5) is 5.95 Å². The highest BCUT2D eigenvalue weighted by atomic mass is 16.1. The summed E-state index contributed by atoms with van der Waals surface area (Å²) in [5.74, 6) is 0.382. The third kappa shape index (κ3) is 6.52. The van der Waals surface area contributed by atoms with Gasteiger partial charge in [0.1, 0.15) is 0 Å². The molecule has 2 heterocycles. The van der Waals surface area contributed by atoms with Crippen LogP contribution in [0.3, 0.4) is 0 Å². The number of rotatable bonds is 11. The number of nitrogens with one attached hydrogen (secondary N) is 2. The second-order valence-corrected chi connectivity index (χ2v) is 8.01. The number of hydrogen-bond donors (Lipinski definition) is 3. The van der Waals surface area contributed by atoms with Gasteiger partial charge in [0.2, 0.25) is 0 Å². The van der Waals surface area contributed by atoms with Crippen molar-refractivity contribution >= 4 is 11.9 Å². The predicted molar refractivity (Wildman–Crippen MR) is 128 cm³/mol. The normalized spacial score (nSPS) is 10.9. The van der Waals surface area contributed by atoms with Crippen molar-refractivity contribution in [2.24, 2.45) is 0 Å². The van der Waals surface area contributed by atoms with Crippen LogP contribution in [-0.2, 0) is 19.4 Å². The first-order valence-electron chi connectivity index (χ1n) is 11.3. The Kier molecular flexibility index (Phi) is 7.48. The lowest BCUT2D eigenvalue weighted by atomic mass is 10.0. The van der Waals surface area contributed by atoms with Crippen LogP contribution in [-0.4, -0.2) is 37.4 Å². The highest BCUT2D eigenvalue weighted by Gasteiger charge is 2.07. The molecule has 0 radical (unpaired) electrons. The molecule has 170 valence electrons. The first-order chi connectivity index (χ1) is 16.2. The van der Waals surface area contributed by atoms with E-state index in [0.29, 0.717) is 24.6 Å². The number of nitrogens with zero attached hydrogens (tertiary/aromatic N) is 4. The molecule has 33 heavy (non-hydrogen) atoms. The SMILES string of the molecule is Nc1nc(CCCCCc2cn(CCNC(=O)c3ccc(-c4ccccc4)cc3)nn2)c[nH]1. The Bertz CT molecular complexity index is 1150. The van der Waals surface area contributed by atoms with Crippen molar-refractivity contribution in [2.45, 2.75) is 38.6 Å². The summed E-state index contributed by atoms with van der Waals surface area (Å²) in [7, 11) is 0. The second kappa shape index (κ2) is 11.1. The van der Waals surface area contributed by atoms with E-state index < -0.39 is 0 Å². The zero-order chi connectivity index (χ0) is 22.9. The number of amides is 1. The lowest BCUT2D eigenvalue weighted by molar-refractivity contribution is 0.0952. The second-order valence-electron chi connectivity index (χ2n) is 8.01. The molecule has 2 aromatic carbocycles. The van der Waals surface area contributed by atoms with Crippen LogP contribution >= 0.6 is 0 Å². The van der Waals surface area contributed by atoms with Gasteiger partial charge in [0.25, 0.3) is 5.91 Å². The number of nitrogens with two attached hydrogens (primary N) is 1. The fourth-order valence-electron chi connectivity index (χ4n) is 3.69. The van der Waals surface area contributed by atoms with Crippen LogP contribution in [0.1, 0.15) is 41.0 Å². The number of H-pyrrole nitrogens is 1. The summed E-state index contributed by atoms with van der Waals surface area (Å²) in [4.78, 5) is 19.5. The number of carbonyl (C=O) groups excluding carboxylic acids is 1. The largest absolute Gasteiger partial charge is 0.369 e. The molecule has 0 spiro atoms. The van der Waals surface area contributed by atoms with E-state index in [1.807, 2.05) is 54.9 Å². The fraction of sp³-hybridized carbons (Fsp3) is 0.280.